The van der Waals surface area contributed by atoms with Gasteiger partial charge in [0.15, 0.2) is 11.5 Å². The Morgan fingerprint density at radius 3 is 2.44 bits per heavy atom. The third-order valence-electron chi connectivity index (χ3n) is 5.40. The maximum absolute atomic E-state index is 13.1. The van der Waals surface area contributed by atoms with E-state index in [4.69, 9.17) is 37.4 Å². The first kappa shape index (κ1) is 24.9. The molecule has 0 bridgehead atoms. The van der Waals surface area contributed by atoms with Crippen molar-refractivity contribution in [2.75, 3.05) is 39.1 Å². The molecule has 34 heavy (non-hydrogen) atoms. The first-order valence-corrected chi connectivity index (χ1v) is 13.4. The van der Waals surface area contributed by atoms with Gasteiger partial charge in [-0.1, -0.05) is 23.2 Å². The molecule has 0 aliphatic carbocycles. The summed E-state index contributed by atoms with van der Waals surface area (Å²) in [7, 11) is 1.21. The summed E-state index contributed by atoms with van der Waals surface area (Å²) < 4.78 is 45.5. The fourth-order valence-corrected chi connectivity index (χ4v) is 6.72. The molecule has 0 radical (unpaired) electrons. The van der Waals surface area contributed by atoms with Gasteiger partial charge in [0.05, 0.1) is 34.8 Å². The third-order valence-corrected chi connectivity index (χ3v) is 9.16. The fraction of sp³-hybridized carbons (Fsp3) is 0.304. The summed E-state index contributed by atoms with van der Waals surface area (Å²) in [5, 5.41) is 0.746. The largest absolute Gasteiger partial charge is 0.493 e. The Balaban J connectivity index is 1.57. The summed E-state index contributed by atoms with van der Waals surface area (Å²) in [6.07, 6.45) is 0.893. The number of benzene rings is 2. The molecule has 7 nitrogen and oxygen atoms in total. The first-order valence-electron chi connectivity index (χ1n) is 10.4. The van der Waals surface area contributed by atoms with Crippen molar-refractivity contribution in [2.24, 2.45) is 0 Å². The van der Waals surface area contributed by atoms with Crippen molar-refractivity contribution in [3.63, 3.8) is 0 Å². The highest BCUT2D eigenvalue weighted by Gasteiger charge is 2.24. The quantitative estimate of drug-likeness (QED) is 0.397. The minimum atomic E-state index is -3.90. The van der Waals surface area contributed by atoms with Gasteiger partial charge in [-0.15, -0.1) is 11.3 Å². The summed E-state index contributed by atoms with van der Waals surface area (Å²) in [6.45, 7) is 1.73. The van der Waals surface area contributed by atoms with Crippen molar-refractivity contribution in [3.05, 3.63) is 52.5 Å². The van der Waals surface area contributed by atoms with Crippen LogP contribution in [0.2, 0.25) is 10.0 Å². The SMILES string of the molecule is COc1ccc(-c2sc(S(=O)(=O)Nc3ccc(Cl)c(O[C@@H]4CCN(C)C4)c3)cc2Cl)cc1OC. The molecule has 1 aromatic heterocycles. The molecule has 1 aliphatic rings. The molecule has 1 N–H and O–H groups in total. The molecule has 1 saturated heterocycles. The Hall–Kier alpha value is -2.17. The van der Waals surface area contributed by atoms with E-state index in [1.54, 1.807) is 43.5 Å². The van der Waals surface area contributed by atoms with Gasteiger partial charge in [0.2, 0.25) is 0 Å². The smallest absolute Gasteiger partial charge is 0.271 e. The zero-order valence-corrected chi connectivity index (χ0v) is 21.9. The van der Waals surface area contributed by atoms with E-state index in [9.17, 15) is 8.42 Å². The molecular formula is C23H24Cl2N2O5S2. The molecule has 4 rings (SSSR count). The van der Waals surface area contributed by atoms with E-state index < -0.39 is 10.0 Å². The van der Waals surface area contributed by atoms with Crippen LogP contribution in [0.3, 0.4) is 0 Å². The molecule has 2 aromatic carbocycles. The first-order chi connectivity index (χ1) is 16.2. The number of halogens is 2. The summed E-state index contributed by atoms with van der Waals surface area (Å²) in [5.41, 5.74) is 1.07. The molecule has 0 spiro atoms. The Morgan fingerprint density at radius 2 is 1.76 bits per heavy atom. The lowest BCUT2D eigenvalue weighted by molar-refractivity contribution is 0.208. The number of nitrogens with one attached hydrogen (secondary N) is 1. The van der Waals surface area contributed by atoms with Crippen molar-refractivity contribution in [1.82, 2.24) is 4.90 Å². The maximum Gasteiger partial charge on any atom is 0.271 e. The van der Waals surface area contributed by atoms with Crippen molar-refractivity contribution < 1.29 is 22.6 Å². The number of rotatable bonds is 8. The highest BCUT2D eigenvalue weighted by molar-refractivity contribution is 7.94. The van der Waals surface area contributed by atoms with E-state index in [1.807, 2.05) is 7.05 Å². The second-order valence-electron chi connectivity index (χ2n) is 7.85. The number of hydrogen-bond donors (Lipinski definition) is 1. The van der Waals surface area contributed by atoms with Crippen LogP contribution in [0, 0.1) is 0 Å². The van der Waals surface area contributed by atoms with E-state index in [2.05, 4.69) is 9.62 Å². The van der Waals surface area contributed by atoms with Crippen LogP contribution in [0.15, 0.2) is 46.7 Å². The number of nitrogens with zero attached hydrogens (tertiary/aromatic N) is 1. The van der Waals surface area contributed by atoms with Gasteiger partial charge >= 0.3 is 0 Å². The predicted molar refractivity (Wildman–Crippen MR) is 137 cm³/mol. The molecule has 1 aliphatic heterocycles. The highest BCUT2D eigenvalue weighted by Crippen LogP contribution is 2.42. The molecule has 1 fully saturated rings. The van der Waals surface area contributed by atoms with Crippen LogP contribution in [0.1, 0.15) is 6.42 Å². The van der Waals surface area contributed by atoms with Crippen LogP contribution in [0.25, 0.3) is 10.4 Å². The van der Waals surface area contributed by atoms with Crippen LogP contribution >= 0.6 is 34.5 Å². The van der Waals surface area contributed by atoms with Gasteiger partial charge < -0.3 is 19.1 Å². The van der Waals surface area contributed by atoms with Gasteiger partial charge in [0, 0.05) is 19.2 Å². The number of thiophene rings is 1. The standard InChI is InChI=1S/C23H24Cl2N2O5S2/c1-27-9-8-16(13-27)32-20-11-15(5-6-17(20)24)26-34(28,29)22-12-18(25)23(33-22)14-4-7-19(30-2)21(10-14)31-3/h4-7,10-12,16,26H,8-9,13H2,1-3H3/t16-/m1/s1. The second-order valence-corrected chi connectivity index (χ2v) is 11.6. The van der Waals surface area contributed by atoms with E-state index in [0.29, 0.717) is 37.9 Å². The summed E-state index contributed by atoms with van der Waals surface area (Å²) in [5.74, 6) is 1.53. The van der Waals surface area contributed by atoms with Crippen molar-refractivity contribution >= 4 is 50.2 Å². The van der Waals surface area contributed by atoms with E-state index >= 15 is 0 Å². The highest BCUT2D eigenvalue weighted by atomic mass is 35.5. The fourth-order valence-electron chi connectivity index (χ4n) is 3.69. The number of anilines is 1. The lowest BCUT2D eigenvalue weighted by atomic mass is 10.1. The number of methoxy groups -OCH3 is 2. The Bertz CT molecular complexity index is 1300. The van der Waals surface area contributed by atoms with Crippen molar-refractivity contribution in [1.29, 1.82) is 0 Å². The van der Waals surface area contributed by atoms with Crippen molar-refractivity contribution in [3.8, 4) is 27.7 Å². The minimum absolute atomic E-state index is 0.00880. The molecule has 182 valence electrons. The molecule has 11 heteroatoms. The van der Waals surface area contributed by atoms with Gasteiger partial charge in [-0.3, -0.25) is 4.72 Å². The summed E-state index contributed by atoms with van der Waals surface area (Å²) >= 11 is 13.8. The number of likely N-dealkylation sites (N-methyl/N-ethyl adjacent to an activating group) is 1. The average Bonchev–Trinajstić information content (AvgIpc) is 3.41. The molecule has 2 heterocycles. The molecule has 0 saturated carbocycles. The monoisotopic (exact) mass is 542 g/mol. The molecule has 3 aromatic rings. The van der Waals surface area contributed by atoms with Crippen LogP contribution < -0.4 is 18.9 Å². The van der Waals surface area contributed by atoms with Gasteiger partial charge in [0.25, 0.3) is 10.0 Å². The van der Waals surface area contributed by atoms with Gasteiger partial charge in [-0.05, 0) is 55.4 Å². The van der Waals surface area contributed by atoms with E-state index in [1.165, 1.54) is 13.2 Å². The Labute approximate surface area is 213 Å². The molecule has 0 unspecified atom stereocenters. The second kappa shape index (κ2) is 10.2. The van der Waals surface area contributed by atoms with Crippen LogP contribution in [0.5, 0.6) is 17.2 Å². The number of ether oxygens (including phenoxy) is 3. The minimum Gasteiger partial charge on any atom is -0.493 e. The van der Waals surface area contributed by atoms with Gasteiger partial charge in [-0.2, -0.15) is 0 Å². The maximum atomic E-state index is 13.1. The zero-order chi connectivity index (χ0) is 24.5. The molecule has 1 atom stereocenters. The Morgan fingerprint density at radius 1 is 1.00 bits per heavy atom. The third kappa shape index (κ3) is 5.39. The summed E-state index contributed by atoms with van der Waals surface area (Å²) in [4.78, 5) is 2.77. The topological polar surface area (TPSA) is 77.1 Å². The molecular weight excluding hydrogens is 519 g/mol. The average molecular weight is 543 g/mol. The number of sulfonamides is 1. The van der Waals surface area contributed by atoms with Crippen LogP contribution in [-0.4, -0.2) is 53.8 Å². The number of likely N-dealkylation sites (tertiary alicyclic amines) is 1. The zero-order valence-electron chi connectivity index (χ0n) is 18.8. The van der Waals surface area contributed by atoms with Gasteiger partial charge in [-0.25, -0.2) is 8.42 Å². The summed E-state index contributed by atoms with van der Waals surface area (Å²) in [6, 6.07) is 11.5. The van der Waals surface area contributed by atoms with E-state index in [-0.39, 0.29) is 10.3 Å². The van der Waals surface area contributed by atoms with E-state index in [0.717, 1.165) is 36.4 Å². The number of hydrogen-bond acceptors (Lipinski definition) is 7. The van der Waals surface area contributed by atoms with Crippen LogP contribution in [0.4, 0.5) is 5.69 Å². The normalized spacial score (nSPS) is 16.4. The predicted octanol–water partition coefficient (Wildman–Crippen LogP) is 5.62. The van der Waals surface area contributed by atoms with Gasteiger partial charge in [0.1, 0.15) is 16.1 Å². The lowest BCUT2D eigenvalue weighted by Gasteiger charge is -2.16. The Kier molecular flexibility index (Phi) is 7.49. The van der Waals surface area contributed by atoms with Crippen molar-refractivity contribution in [2.45, 2.75) is 16.7 Å². The molecule has 0 amide bonds. The lowest BCUT2D eigenvalue weighted by Crippen LogP contribution is -2.21. The van der Waals surface area contributed by atoms with Crippen LogP contribution in [-0.2, 0) is 10.0 Å².